The van der Waals surface area contributed by atoms with Gasteiger partial charge in [0.25, 0.3) is 0 Å². The molecule has 3 atom stereocenters. The Morgan fingerprint density at radius 2 is 1.65 bits per heavy atom. The number of carbonyl (C=O) groups is 3. The average molecular weight is 590 g/mol. The topological polar surface area (TPSA) is 108 Å². The number of nitrogens with one attached hydrogen (secondary N) is 2. The number of halogens is 1. The van der Waals surface area contributed by atoms with Gasteiger partial charge in [0.2, 0.25) is 17.7 Å². The van der Waals surface area contributed by atoms with Crippen molar-refractivity contribution in [2.24, 2.45) is 5.73 Å². The highest BCUT2D eigenvalue weighted by Crippen LogP contribution is 2.23. The first-order chi connectivity index (χ1) is 20.5. The molecule has 0 aromatic heterocycles. The van der Waals surface area contributed by atoms with E-state index in [-0.39, 0.29) is 30.1 Å². The Labute approximate surface area is 253 Å². The molecule has 43 heavy (non-hydrogen) atoms. The van der Waals surface area contributed by atoms with Crippen LogP contribution < -0.4 is 16.4 Å². The molecule has 3 amide bonds. The van der Waals surface area contributed by atoms with Gasteiger partial charge in [-0.1, -0.05) is 67.9 Å². The van der Waals surface area contributed by atoms with Crippen molar-refractivity contribution < 1.29 is 18.8 Å². The minimum absolute atomic E-state index is 0.0604. The molecule has 230 valence electrons. The second-order valence-electron chi connectivity index (χ2n) is 12.1. The second-order valence-corrected chi connectivity index (χ2v) is 12.1. The lowest BCUT2D eigenvalue weighted by molar-refractivity contribution is -0.143. The number of fused-ring (bicyclic) bond motifs is 1. The number of hydrogen-bond acceptors (Lipinski definition) is 5. The summed E-state index contributed by atoms with van der Waals surface area (Å²) in [6.45, 7) is 6.71. The summed E-state index contributed by atoms with van der Waals surface area (Å²) in [6.07, 6.45) is 2.36. The first kappa shape index (κ1) is 32.1. The van der Waals surface area contributed by atoms with Gasteiger partial charge in [-0.25, -0.2) is 4.39 Å². The standard InChI is InChI=1S/C34H44FN5O3/c1-5-8-28-22-39(30(31(41)37-4)21-24-11-14-25-9-6-7-10-26(25)19-24)17-18-40(28)32(42)29(38-33(43)34(2,3)36)20-23-12-15-27(35)16-13-23/h6-7,9-16,19,28-30H,5,8,17-18,20-22,36H2,1-4H3,(H,37,41)(H,38,43). The Balaban J connectivity index is 1.55. The van der Waals surface area contributed by atoms with Gasteiger partial charge in [0.15, 0.2) is 0 Å². The van der Waals surface area contributed by atoms with Gasteiger partial charge >= 0.3 is 0 Å². The summed E-state index contributed by atoms with van der Waals surface area (Å²) in [7, 11) is 1.65. The van der Waals surface area contributed by atoms with Crippen molar-refractivity contribution in [3.8, 4) is 0 Å². The highest BCUT2D eigenvalue weighted by molar-refractivity contribution is 5.92. The highest BCUT2D eigenvalue weighted by atomic mass is 19.1. The monoisotopic (exact) mass is 589 g/mol. The summed E-state index contributed by atoms with van der Waals surface area (Å²) in [5.74, 6) is -1.07. The Hall–Kier alpha value is -3.82. The number of piperazine rings is 1. The van der Waals surface area contributed by atoms with Crippen molar-refractivity contribution in [3.05, 3.63) is 83.7 Å². The van der Waals surface area contributed by atoms with Crippen molar-refractivity contribution in [3.63, 3.8) is 0 Å². The molecule has 4 N–H and O–H groups in total. The zero-order valence-corrected chi connectivity index (χ0v) is 25.6. The van der Waals surface area contributed by atoms with Crippen LogP contribution in [0.5, 0.6) is 0 Å². The maximum Gasteiger partial charge on any atom is 0.245 e. The molecule has 1 heterocycles. The second kappa shape index (κ2) is 14.1. The number of carbonyl (C=O) groups excluding carboxylic acids is 3. The smallest absolute Gasteiger partial charge is 0.245 e. The number of rotatable bonds is 11. The van der Waals surface area contributed by atoms with Crippen LogP contribution in [0.1, 0.15) is 44.7 Å². The first-order valence-corrected chi connectivity index (χ1v) is 15.1. The fraction of sp³-hybridized carbons (Fsp3) is 0.441. The van der Waals surface area contributed by atoms with Gasteiger partial charge in [0.1, 0.15) is 11.9 Å². The molecule has 0 bridgehead atoms. The van der Waals surface area contributed by atoms with E-state index in [4.69, 9.17) is 5.73 Å². The summed E-state index contributed by atoms with van der Waals surface area (Å²) in [5.41, 5.74) is 6.68. The van der Waals surface area contributed by atoms with Gasteiger partial charge in [0.05, 0.1) is 11.6 Å². The fourth-order valence-corrected chi connectivity index (χ4v) is 5.78. The molecule has 3 unspecified atom stereocenters. The maximum atomic E-state index is 14.1. The SMILES string of the molecule is CCCC1CN(C(Cc2ccc3ccccc3c2)C(=O)NC)CCN1C(=O)C(Cc1ccc(F)cc1)NC(=O)C(C)(C)N. The lowest BCUT2D eigenvalue weighted by Gasteiger charge is -2.45. The molecule has 9 heteroatoms. The number of nitrogens with two attached hydrogens (primary N) is 1. The number of amides is 3. The molecule has 0 spiro atoms. The Kier molecular flexibility index (Phi) is 10.5. The third-order valence-corrected chi connectivity index (χ3v) is 8.19. The predicted molar refractivity (Wildman–Crippen MR) is 168 cm³/mol. The van der Waals surface area contributed by atoms with Crippen molar-refractivity contribution in [1.29, 1.82) is 0 Å². The van der Waals surface area contributed by atoms with Crippen LogP contribution in [0.4, 0.5) is 4.39 Å². The van der Waals surface area contributed by atoms with E-state index < -0.39 is 23.5 Å². The lowest BCUT2D eigenvalue weighted by Crippen LogP contribution is -2.64. The van der Waals surface area contributed by atoms with E-state index in [1.54, 1.807) is 33.0 Å². The average Bonchev–Trinajstić information content (AvgIpc) is 2.99. The fourth-order valence-electron chi connectivity index (χ4n) is 5.78. The minimum Gasteiger partial charge on any atom is -0.358 e. The number of nitrogens with zero attached hydrogens (tertiary/aromatic N) is 2. The summed E-state index contributed by atoms with van der Waals surface area (Å²) in [6, 6.07) is 19.0. The normalized spacial score (nSPS) is 17.3. The minimum atomic E-state index is -1.17. The molecule has 1 aliphatic heterocycles. The van der Waals surface area contributed by atoms with E-state index in [2.05, 4.69) is 52.8 Å². The molecule has 3 aromatic carbocycles. The van der Waals surface area contributed by atoms with Crippen molar-refractivity contribution in [2.75, 3.05) is 26.7 Å². The Morgan fingerprint density at radius 3 is 2.30 bits per heavy atom. The lowest BCUT2D eigenvalue weighted by atomic mass is 9.96. The van der Waals surface area contributed by atoms with E-state index >= 15 is 0 Å². The van der Waals surface area contributed by atoms with Gasteiger partial charge in [-0.15, -0.1) is 0 Å². The summed E-state index contributed by atoms with van der Waals surface area (Å²) >= 11 is 0. The van der Waals surface area contributed by atoms with Crippen LogP contribution in [0.2, 0.25) is 0 Å². The summed E-state index contributed by atoms with van der Waals surface area (Å²) in [5, 5.41) is 7.98. The molecule has 3 aromatic rings. The third kappa shape index (κ3) is 8.18. The quantitative estimate of drug-likeness (QED) is 0.318. The van der Waals surface area contributed by atoms with Crippen molar-refractivity contribution in [2.45, 2.75) is 70.1 Å². The van der Waals surface area contributed by atoms with Crippen LogP contribution in [0.15, 0.2) is 66.7 Å². The van der Waals surface area contributed by atoms with Crippen LogP contribution in [0.25, 0.3) is 10.8 Å². The maximum absolute atomic E-state index is 14.1. The molecule has 4 rings (SSSR count). The van der Waals surface area contributed by atoms with Crippen LogP contribution in [-0.4, -0.2) is 77.9 Å². The van der Waals surface area contributed by atoms with Gasteiger partial charge in [0, 0.05) is 39.1 Å². The Bertz CT molecular complexity index is 1420. The van der Waals surface area contributed by atoms with E-state index in [1.807, 2.05) is 17.0 Å². The van der Waals surface area contributed by atoms with E-state index in [0.29, 0.717) is 26.1 Å². The van der Waals surface area contributed by atoms with E-state index in [0.717, 1.165) is 34.7 Å². The van der Waals surface area contributed by atoms with Crippen molar-refractivity contribution >= 4 is 28.5 Å². The largest absolute Gasteiger partial charge is 0.358 e. The van der Waals surface area contributed by atoms with Gasteiger partial charge < -0.3 is 21.3 Å². The van der Waals surface area contributed by atoms with Crippen LogP contribution in [0.3, 0.4) is 0 Å². The molecule has 1 aliphatic rings. The highest BCUT2D eigenvalue weighted by Gasteiger charge is 2.38. The summed E-state index contributed by atoms with van der Waals surface area (Å²) in [4.78, 5) is 44.2. The number of hydrogen-bond donors (Lipinski definition) is 3. The number of benzene rings is 3. The molecular formula is C34H44FN5O3. The van der Waals surface area contributed by atoms with Crippen LogP contribution in [0, 0.1) is 5.82 Å². The molecule has 0 aliphatic carbocycles. The van der Waals surface area contributed by atoms with E-state index in [9.17, 15) is 18.8 Å². The molecule has 1 fully saturated rings. The zero-order valence-electron chi connectivity index (χ0n) is 25.6. The molecule has 8 nitrogen and oxygen atoms in total. The van der Waals surface area contributed by atoms with Crippen LogP contribution >= 0.6 is 0 Å². The Morgan fingerprint density at radius 1 is 0.977 bits per heavy atom. The van der Waals surface area contributed by atoms with Gasteiger partial charge in [-0.2, -0.15) is 0 Å². The summed E-state index contributed by atoms with van der Waals surface area (Å²) < 4.78 is 13.6. The molecule has 0 radical (unpaired) electrons. The van der Waals surface area contributed by atoms with Crippen molar-refractivity contribution in [1.82, 2.24) is 20.4 Å². The predicted octanol–water partition coefficient (Wildman–Crippen LogP) is 3.41. The third-order valence-electron chi connectivity index (χ3n) is 8.19. The zero-order chi connectivity index (χ0) is 31.1. The van der Waals surface area contributed by atoms with Gasteiger partial charge in [-0.05, 0) is 60.7 Å². The van der Waals surface area contributed by atoms with Crippen LogP contribution in [-0.2, 0) is 27.2 Å². The van der Waals surface area contributed by atoms with E-state index in [1.165, 1.54) is 12.1 Å². The molecule has 0 saturated carbocycles. The van der Waals surface area contributed by atoms with Gasteiger partial charge in [-0.3, -0.25) is 19.3 Å². The molecule has 1 saturated heterocycles. The first-order valence-electron chi connectivity index (χ1n) is 15.1. The molecular weight excluding hydrogens is 545 g/mol. The number of likely N-dealkylation sites (N-methyl/N-ethyl adjacent to an activating group) is 1.